The molecule has 0 atom stereocenters. The lowest BCUT2D eigenvalue weighted by molar-refractivity contribution is -0.116. The maximum atomic E-state index is 12.4. The van der Waals surface area contributed by atoms with Gasteiger partial charge in [0, 0.05) is 62.5 Å². The summed E-state index contributed by atoms with van der Waals surface area (Å²) in [7, 11) is 2.00. The van der Waals surface area contributed by atoms with Gasteiger partial charge in [-0.15, -0.1) is 11.3 Å². The van der Waals surface area contributed by atoms with Gasteiger partial charge >= 0.3 is 0 Å². The molecular formula is C24H26N6OS. The zero-order chi connectivity index (χ0) is 22.1. The number of aryl methyl sites for hydroxylation is 1. The summed E-state index contributed by atoms with van der Waals surface area (Å²) >= 11 is 1.72. The van der Waals surface area contributed by atoms with Gasteiger partial charge in [-0.3, -0.25) is 19.5 Å². The number of para-hydroxylation sites is 1. The van der Waals surface area contributed by atoms with Crippen LogP contribution in [0.4, 0.5) is 5.69 Å². The summed E-state index contributed by atoms with van der Waals surface area (Å²) in [6.07, 6.45) is 2.87. The van der Waals surface area contributed by atoms with E-state index in [1.807, 2.05) is 48.3 Å². The van der Waals surface area contributed by atoms with Crippen molar-refractivity contribution in [2.75, 3.05) is 11.4 Å². The lowest BCUT2D eigenvalue weighted by Crippen LogP contribution is -2.32. The van der Waals surface area contributed by atoms with Crippen molar-refractivity contribution in [2.45, 2.75) is 33.0 Å². The van der Waals surface area contributed by atoms with E-state index in [9.17, 15) is 4.79 Å². The molecule has 1 amide bonds. The topological polar surface area (TPSA) is 70.1 Å². The van der Waals surface area contributed by atoms with Crippen LogP contribution in [0.5, 0.6) is 0 Å². The first-order valence-corrected chi connectivity index (χ1v) is 11.6. The molecule has 8 heteroatoms. The number of aromatic amines is 1. The Hall–Kier alpha value is -3.23. The fraction of sp³-hybridized carbons (Fsp3) is 0.292. The van der Waals surface area contributed by atoms with Crippen LogP contribution in [0.1, 0.15) is 29.4 Å². The van der Waals surface area contributed by atoms with Crippen molar-refractivity contribution in [3.8, 4) is 10.6 Å². The summed E-state index contributed by atoms with van der Waals surface area (Å²) in [5, 5.41) is 14.4. The molecule has 1 N–H and O–H groups in total. The second-order valence-electron chi connectivity index (χ2n) is 8.14. The van der Waals surface area contributed by atoms with E-state index in [0.717, 1.165) is 43.1 Å². The predicted molar refractivity (Wildman–Crippen MR) is 126 cm³/mol. The molecule has 4 heterocycles. The molecule has 0 bridgehead atoms. The molecule has 32 heavy (non-hydrogen) atoms. The molecule has 0 fully saturated rings. The van der Waals surface area contributed by atoms with E-state index in [0.29, 0.717) is 6.54 Å². The Morgan fingerprint density at radius 1 is 1.22 bits per heavy atom. The Labute approximate surface area is 191 Å². The molecule has 3 aromatic heterocycles. The largest absolute Gasteiger partial charge is 0.307 e. The normalized spacial score (nSPS) is 13.8. The van der Waals surface area contributed by atoms with Gasteiger partial charge in [0.25, 0.3) is 0 Å². The van der Waals surface area contributed by atoms with Gasteiger partial charge in [-0.1, -0.05) is 24.3 Å². The number of H-pyrrole nitrogens is 1. The molecule has 1 aromatic carbocycles. The Kier molecular flexibility index (Phi) is 5.63. The van der Waals surface area contributed by atoms with Gasteiger partial charge in [-0.25, -0.2) is 0 Å². The third-order valence-electron chi connectivity index (χ3n) is 6.04. The minimum Gasteiger partial charge on any atom is -0.307 e. The highest BCUT2D eigenvalue weighted by Gasteiger charge is 2.26. The van der Waals surface area contributed by atoms with Crippen molar-refractivity contribution in [1.29, 1.82) is 0 Å². The van der Waals surface area contributed by atoms with E-state index >= 15 is 0 Å². The highest BCUT2D eigenvalue weighted by Crippen LogP contribution is 2.30. The van der Waals surface area contributed by atoms with E-state index in [1.165, 1.54) is 21.7 Å². The van der Waals surface area contributed by atoms with Gasteiger partial charge in [0.05, 0.1) is 29.0 Å². The number of thiophene rings is 1. The second kappa shape index (κ2) is 8.72. The maximum Gasteiger partial charge on any atom is 0.224 e. The molecule has 0 radical (unpaired) electrons. The number of anilines is 1. The highest BCUT2D eigenvalue weighted by atomic mass is 32.1. The fourth-order valence-electron chi connectivity index (χ4n) is 4.44. The summed E-state index contributed by atoms with van der Waals surface area (Å²) in [5.74, 6) is 0.0160. The molecule has 5 rings (SSSR count). The third-order valence-corrected chi connectivity index (χ3v) is 6.93. The summed E-state index contributed by atoms with van der Waals surface area (Å²) in [4.78, 5) is 17.9. The van der Waals surface area contributed by atoms with Crippen molar-refractivity contribution < 1.29 is 4.79 Å². The molecule has 164 valence electrons. The average Bonchev–Trinajstić information content (AvgIpc) is 3.53. The Bertz CT molecular complexity index is 1210. The molecular weight excluding hydrogens is 420 g/mol. The summed E-state index contributed by atoms with van der Waals surface area (Å²) in [6, 6.07) is 14.0. The lowest BCUT2D eigenvalue weighted by Gasteiger charge is -2.28. The number of amides is 1. The zero-order valence-electron chi connectivity index (χ0n) is 18.3. The van der Waals surface area contributed by atoms with Crippen LogP contribution >= 0.6 is 11.3 Å². The number of hydrogen-bond acceptors (Lipinski definition) is 5. The number of carbonyl (C=O) groups is 1. The van der Waals surface area contributed by atoms with Gasteiger partial charge in [-0.05, 0) is 23.6 Å². The van der Waals surface area contributed by atoms with Gasteiger partial charge < -0.3 is 4.90 Å². The SMILES string of the molecule is CC(=O)N(Cc1nn(C)c2c1CN(Cc1cn[nH]c1-c1cccs1)CC2)c1ccccc1. The Morgan fingerprint density at radius 3 is 2.81 bits per heavy atom. The second-order valence-corrected chi connectivity index (χ2v) is 9.09. The molecule has 0 unspecified atom stereocenters. The predicted octanol–water partition coefficient (Wildman–Crippen LogP) is 3.98. The monoisotopic (exact) mass is 446 g/mol. The molecule has 1 aliphatic heterocycles. The first-order chi connectivity index (χ1) is 15.6. The molecule has 0 saturated carbocycles. The number of nitrogens with zero attached hydrogens (tertiary/aromatic N) is 5. The first-order valence-electron chi connectivity index (χ1n) is 10.8. The first kappa shape index (κ1) is 20.7. The van der Waals surface area contributed by atoms with Crippen molar-refractivity contribution >= 4 is 22.9 Å². The Morgan fingerprint density at radius 2 is 2.06 bits per heavy atom. The third kappa shape index (κ3) is 3.99. The van der Waals surface area contributed by atoms with Crippen LogP contribution in [0.25, 0.3) is 10.6 Å². The number of rotatable bonds is 6. The Balaban J connectivity index is 1.38. The van der Waals surface area contributed by atoms with Crippen molar-refractivity contribution in [3.05, 3.63) is 76.6 Å². The fourth-order valence-corrected chi connectivity index (χ4v) is 5.19. The molecule has 4 aromatic rings. The number of carbonyl (C=O) groups excluding carboxylic acids is 1. The molecule has 0 spiro atoms. The quantitative estimate of drug-likeness (QED) is 0.486. The summed E-state index contributed by atoms with van der Waals surface area (Å²) in [5.41, 5.74) is 6.67. The van der Waals surface area contributed by atoms with Crippen LogP contribution in [0.15, 0.2) is 54.0 Å². The average molecular weight is 447 g/mol. The van der Waals surface area contributed by atoms with Gasteiger partial charge in [0.1, 0.15) is 0 Å². The van der Waals surface area contributed by atoms with Crippen molar-refractivity contribution in [3.63, 3.8) is 0 Å². The van der Waals surface area contributed by atoms with Gasteiger partial charge in [0.2, 0.25) is 5.91 Å². The van der Waals surface area contributed by atoms with E-state index in [1.54, 1.807) is 23.2 Å². The standard InChI is InChI=1S/C24H26N6OS/c1-17(31)30(19-7-4-3-5-8-19)16-21-20-15-29(11-10-22(20)28(2)27-21)14-18-13-25-26-24(18)23-9-6-12-32-23/h3-9,12-13H,10-11,14-16H2,1-2H3,(H,25,26). The van der Waals surface area contributed by atoms with Crippen LogP contribution in [-0.2, 0) is 37.9 Å². The summed E-state index contributed by atoms with van der Waals surface area (Å²) < 4.78 is 1.99. The maximum absolute atomic E-state index is 12.4. The minimum atomic E-state index is 0.0160. The van der Waals surface area contributed by atoms with Gasteiger partial charge in [0.15, 0.2) is 0 Å². The number of aromatic nitrogens is 4. The number of benzene rings is 1. The van der Waals surface area contributed by atoms with E-state index in [4.69, 9.17) is 5.10 Å². The van der Waals surface area contributed by atoms with E-state index < -0.39 is 0 Å². The molecule has 1 aliphatic rings. The highest BCUT2D eigenvalue weighted by molar-refractivity contribution is 7.13. The van der Waals surface area contributed by atoms with E-state index in [2.05, 4.69) is 32.6 Å². The molecule has 7 nitrogen and oxygen atoms in total. The van der Waals surface area contributed by atoms with Crippen molar-refractivity contribution in [2.24, 2.45) is 7.05 Å². The van der Waals surface area contributed by atoms with Crippen LogP contribution in [0.3, 0.4) is 0 Å². The number of nitrogens with one attached hydrogen (secondary N) is 1. The lowest BCUT2D eigenvalue weighted by atomic mass is 10.0. The zero-order valence-corrected chi connectivity index (χ0v) is 19.1. The number of hydrogen-bond donors (Lipinski definition) is 1. The van der Waals surface area contributed by atoms with Gasteiger partial charge in [-0.2, -0.15) is 10.2 Å². The molecule has 0 saturated heterocycles. The number of fused-ring (bicyclic) bond motifs is 1. The minimum absolute atomic E-state index is 0.0160. The van der Waals surface area contributed by atoms with Crippen LogP contribution < -0.4 is 4.90 Å². The molecule has 0 aliphatic carbocycles. The van der Waals surface area contributed by atoms with Crippen LogP contribution in [-0.4, -0.2) is 37.3 Å². The van der Waals surface area contributed by atoms with Crippen LogP contribution in [0.2, 0.25) is 0 Å². The van der Waals surface area contributed by atoms with Crippen molar-refractivity contribution in [1.82, 2.24) is 24.9 Å². The smallest absolute Gasteiger partial charge is 0.224 e. The van der Waals surface area contributed by atoms with E-state index in [-0.39, 0.29) is 5.91 Å². The van der Waals surface area contributed by atoms with Crippen LogP contribution in [0, 0.1) is 0 Å². The summed E-state index contributed by atoms with van der Waals surface area (Å²) in [6.45, 7) is 4.69.